The molecule has 25 heavy (non-hydrogen) atoms. The van der Waals surface area contributed by atoms with Crippen molar-refractivity contribution < 1.29 is 0 Å². The van der Waals surface area contributed by atoms with Crippen molar-refractivity contribution >= 4 is 28.5 Å². The molecule has 3 heterocycles. The topological polar surface area (TPSA) is 42.0 Å². The Bertz CT molecular complexity index is 1040. The number of aryl methyl sites for hydroxylation is 2. The van der Waals surface area contributed by atoms with Gasteiger partial charge in [-0.2, -0.15) is 0 Å². The molecule has 0 aliphatic heterocycles. The fourth-order valence-corrected chi connectivity index (χ4v) is 3.58. The summed E-state index contributed by atoms with van der Waals surface area (Å²) in [5.41, 5.74) is 5.01. The van der Waals surface area contributed by atoms with Crippen LogP contribution < -0.4 is 0 Å². The second-order valence-electron chi connectivity index (χ2n) is 5.83. The van der Waals surface area contributed by atoms with Crippen LogP contribution in [0.25, 0.3) is 16.2 Å². The molecule has 0 saturated carbocycles. The molecule has 4 nitrogen and oxygen atoms in total. The van der Waals surface area contributed by atoms with Gasteiger partial charge < -0.3 is 0 Å². The van der Waals surface area contributed by atoms with Crippen molar-refractivity contribution in [1.29, 1.82) is 0 Å². The summed E-state index contributed by atoms with van der Waals surface area (Å²) in [7, 11) is 0. The van der Waals surface area contributed by atoms with Crippen LogP contribution in [-0.2, 0) is 6.42 Å². The monoisotopic (exact) mass is 346 g/mol. The number of azo groups is 1. The van der Waals surface area contributed by atoms with Crippen LogP contribution in [0.3, 0.4) is 0 Å². The quantitative estimate of drug-likeness (QED) is 0.397. The smallest absolute Gasteiger partial charge is 0.188 e. The fourth-order valence-electron chi connectivity index (χ4n) is 2.87. The van der Waals surface area contributed by atoms with Gasteiger partial charge in [0.2, 0.25) is 0 Å². The van der Waals surface area contributed by atoms with Crippen LogP contribution in [0.5, 0.6) is 0 Å². The molecule has 4 rings (SSSR count). The highest BCUT2D eigenvalue weighted by Crippen LogP contribution is 2.35. The minimum atomic E-state index is 0.770. The van der Waals surface area contributed by atoms with Gasteiger partial charge in [-0.25, -0.2) is 4.98 Å². The predicted octanol–water partition coefficient (Wildman–Crippen LogP) is 6.35. The van der Waals surface area contributed by atoms with Crippen LogP contribution in [0.2, 0.25) is 0 Å². The lowest BCUT2D eigenvalue weighted by molar-refractivity contribution is 1.07. The first-order chi connectivity index (χ1) is 12.3. The molecule has 0 fully saturated rings. The van der Waals surface area contributed by atoms with Crippen molar-refractivity contribution in [3.63, 3.8) is 0 Å². The summed E-state index contributed by atoms with van der Waals surface area (Å²) in [5.74, 6) is 0.770. The van der Waals surface area contributed by atoms with Gasteiger partial charge in [0.25, 0.3) is 0 Å². The fraction of sp³-hybridized carbons (Fsp3) is 0.150. The van der Waals surface area contributed by atoms with E-state index in [1.54, 1.807) is 11.3 Å². The molecule has 0 atom stereocenters. The van der Waals surface area contributed by atoms with E-state index in [0.29, 0.717) is 0 Å². The van der Waals surface area contributed by atoms with Crippen LogP contribution in [-0.4, -0.2) is 9.38 Å². The molecule has 0 spiro atoms. The van der Waals surface area contributed by atoms with Gasteiger partial charge in [-0.15, -0.1) is 21.6 Å². The lowest BCUT2D eigenvalue weighted by atomic mass is 10.1. The van der Waals surface area contributed by atoms with Crippen LogP contribution in [0.15, 0.2) is 70.3 Å². The summed E-state index contributed by atoms with van der Waals surface area (Å²) in [4.78, 5) is 5.93. The van der Waals surface area contributed by atoms with E-state index < -0.39 is 0 Å². The summed E-state index contributed by atoms with van der Waals surface area (Å²) in [5, 5.41) is 11.2. The number of aromatic nitrogens is 2. The number of rotatable bonds is 4. The van der Waals surface area contributed by atoms with E-state index in [0.717, 1.165) is 39.7 Å². The van der Waals surface area contributed by atoms with Gasteiger partial charge >= 0.3 is 0 Å². The largest absolute Gasteiger partial charge is 0.282 e. The molecule has 4 aromatic rings. The predicted molar refractivity (Wildman–Crippen MR) is 103 cm³/mol. The molecule has 3 aromatic heterocycles. The number of pyridine rings is 1. The van der Waals surface area contributed by atoms with Gasteiger partial charge in [-0.05, 0) is 48.1 Å². The molecule has 5 heteroatoms. The lowest BCUT2D eigenvalue weighted by Crippen LogP contribution is -1.85. The molecule has 124 valence electrons. The molecule has 0 N–H and O–H groups in total. The highest BCUT2D eigenvalue weighted by molar-refractivity contribution is 7.13. The third kappa shape index (κ3) is 2.87. The number of hydrogen-bond acceptors (Lipinski definition) is 4. The van der Waals surface area contributed by atoms with Crippen LogP contribution in [0, 0.1) is 6.92 Å². The molecular formula is C20H18N4S. The first kappa shape index (κ1) is 15.7. The van der Waals surface area contributed by atoms with Crippen LogP contribution >= 0.6 is 11.3 Å². The molecule has 0 aliphatic rings. The molecule has 0 unspecified atom stereocenters. The van der Waals surface area contributed by atoms with Crippen molar-refractivity contribution in [2.45, 2.75) is 20.3 Å². The molecule has 0 bridgehead atoms. The van der Waals surface area contributed by atoms with E-state index in [2.05, 4.69) is 47.7 Å². The second kappa shape index (κ2) is 6.61. The van der Waals surface area contributed by atoms with Gasteiger partial charge in [0.1, 0.15) is 11.3 Å². The standard InChI is InChI=1S/C20H18N4S/c1-3-15-9-4-5-10-16(15)22-23-20-18(17-11-7-13-25-17)21-19-14(2)8-6-12-24(19)20/h4-13H,3H2,1-2H3. The third-order valence-corrected chi connectivity index (χ3v) is 5.08. The highest BCUT2D eigenvalue weighted by Gasteiger charge is 2.16. The zero-order valence-electron chi connectivity index (χ0n) is 14.2. The summed E-state index contributed by atoms with van der Waals surface area (Å²) >= 11 is 1.66. The Balaban J connectivity index is 1.90. The minimum absolute atomic E-state index is 0.770. The number of thiophene rings is 1. The van der Waals surface area contributed by atoms with Crippen LogP contribution in [0.1, 0.15) is 18.1 Å². The van der Waals surface area contributed by atoms with Gasteiger partial charge in [0, 0.05) is 6.20 Å². The Labute approximate surface area is 150 Å². The average molecular weight is 346 g/mol. The number of benzene rings is 1. The SMILES string of the molecule is CCc1ccccc1N=Nc1c(-c2cccs2)nc2c(C)cccn12. The third-order valence-electron chi connectivity index (χ3n) is 4.20. The Morgan fingerprint density at radius 1 is 1.04 bits per heavy atom. The van der Waals surface area contributed by atoms with E-state index in [4.69, 9.17) is 4.98 Å². The molecule has 0 radical (unpaired) electrons. The van der Waals surface area contributed by atoms with E-state index in [-0.39, 0.29) is 0 Å². The van der Waals surface area contributed by atoms with Gasteiger partial charge in [0.15, 0.2) is 5.82 Å². The molecule has 0 amide bonds. The summed E-state index contributed by atoms with van der Waals surface area (Å²) in [6.45, 7) is 4.19. The van der Waals surface area contributed by atoms with Gasteiger partial charge in [0.05, 0.1) is 10.6 Å². The van der Waals surface area contributed by atoms with Gasteiger partial charge in [-0.3, -0.25) is 4.40 Å². The maximum absolute atomic E-state index is 4.83. The van der Waals surface area contributed by atoms with Crippen LogP contribution in [0.4, 0.5) is 11.5 Å². The molecule has 0 aliphatic carbocycles. The summed E-state index contributed by atoms with van der Waals surface area (Å²) < 4.78 is 2.02. The van der Waals surface area contributed by atoms with Crippen molar-refractivity contribution in [3.8, 4) is 10.6 Å². The second-order valence-corrected chi connectivity index (χ2v) is 6.78. The molecule has 1 aromatic carbocycles. The summed E-state index contributed by atoms with van der Waals surface area (Å²) in [6.07, 6.45) is 2.92. The van der Waals surface area contributed by atoms with Crippen molar-refractivity contribution in [2.75, 3.05) is 0 Å². The number of hydrogen-bond donors (Lipinski definition) is 0. The van der Waals surface area contributed by atoms with Gasteiger partial charge in [-0.1, -0.05) is 37.3 Å². The van der Waals surface area contributed by atoms with E-state index >= 15 is 0 Å². The number of nitrogens with zero attached hydrogens (tertiary/aromatic N) is 4. The normalized spacial score (nSPS) is 11.6. The lowest BCUT2D eigenvalue weighted by Gasteiger charge is -2.01. The first-order valence-corrected chi connectivity index (χ1v) is 9.17. The maximum atomic E-state index is 4.83. The molecular weight excluding hydrogens is 328 g/mol. The Morgan fingerprint density at radius 2 is 1.92 bits per heavy atom. The highest BCUT2D eigenvalue weighted by atomic mass is 32.1. The van der Waals surface area contributed by atoms with E-state index in [1.807, 2.05) is 40.9 Å². The number of fused-ring (bicyclic) bond motifs is 1. The van der Waals surface area contributed by atoms with E-state index in [1.165, 1.54) is 5.56 Å². The first-order valence-electron chi connectivity index (χ1n) is 8.29. The minimum Gasteiger partial charge on any atom is -0.282 e. The van der Waals surface area contributed by atoms with Crippen molar-refractivity contribution in [3.05, 3.63) is 71.2 Å². The molecule has 0 saturated heterocycles. The van der Waals surface area contributed by atoms with E-state index in [9.17, 15) is 0 Å². The maximum Gasteiger partial charge on any atom is 0.188 e. The Hall–Kier alpha value is -2.79. The number of imidazole rings is 1. The van der Waals surface area contributed by atoms with Crippen molar-refractivity contribution in [1.82, 2.24) is 9.38 Å². The zero-order valence-corrected chi connectivity index (χ0v) is 15.0. The van der Waals surface area contributed by atoms with Crippen molar-refractivity contribution in [2.24, 2.45) is 10.2 Å². The summed E-state index contributed by atoms with van der Waals surface area (Å²) in [6, 6.07) is 16.3. The Kier molecular flexibility index (Phi) is 4.15. The Morgan fingerprint density at radius 3 is 2.72 bits per heavy atom. The zero-order chi connectivity index (χ0) is 17.2. The average Bonchev–Trinajstić information content (AvgIpc) is 3.28.